The Kier molecular flexibility index (Phi) is 9.14. The van der Waals surface area contributed by atoms with E-state index in [9.17, 15) is 14.7 Å². The maximum Gasteiger partial charge on any atom is 0.338 e. The molecular weight excluding hydrogens is 402 g/mol. The van der Waals surface area contributed by atoms with E-state index in [-0.39, 0.29) is 13.2 Å². The highest BCUT2D eigenvalue weighted by atomic mass is 16.5. The summed E-state index contributed by atoms with van der Waals surface area (Å²) in [7, 11) is 1.51. The van der Waals surface area contributed by atoms with Crippen LogP contribution in [0.25, 0.3) is 0 Å². The van der Waals surface area contributed by atoms with Gasteiger partial charge in [-0.05, 0) is 44.6 Å². The van der Waals surface area contributed by atoms with E-state index in [0.29, 0.717) is 34.9 Å². The Hall–Kier alpha value is -2.78. The van der Waals surface area contributed by atoms with Crippen molar-refractivity contribution in [1.29, 1.82) is 0 Å². The van der Waals surface area contributed by atoms with Crippen molar-refractivity contribution in [2.24, 2.45) is 0 Å². The maximum absolute atomic E-state index is 12.5. The van der Waals surface area contributed by atoms with Gasteiger partial charge < -0.3 is 34.9 Å². The number of methoxy groups -OCH3 is 1. The van der Waals surface area contributed by atoms with E-state index in [1.165, 1.54) is 7.11 Å². The lowest BCUT2D eigenvalue weighted by Crippen LogP contribution is -2.45. The van der Waals surface area contributed by atoms with E-state index >= 15 is 0 Å². The van der Waals surface area contributed by atoms with Crippen LogP contribution in [-0.2, 0) is 9.53 Å². The van der Waals surface area contributed by atoms with Crippen LogP contribution >= 0.6 is 0 Å². The van der Waals surface area contributed by atoms with E-state index in [2.05, 4.69) is 15.5 Å². The average Bonchev–Trinajstić information content (AvgIpc) is 2.75. The minimum Gasteiger partial charge on any atom is -0.493 e. The number of aliphatic hydroxyl groups excluding tert-OH is 1. The molecule has 2 atom stereocenters. The zero-order valence-corrected chi connectivity index (χ0v) is 18.9. The summed E-state index contributed by atoms with van der Waals surface area (Å²) < 4.78 is 16.4. The van der Waals surface area contributed by atoms with Gasteiger partial charge in [-0.25, -0.2) is 9.59 Å². The van der Waals surface area contributed by atoms with E-state index in [4.69, 9.17) is 14.2 Å². The molecule has 1 aromatic carbocycles. The lowest BCUT2D eigenvalue weighted by atomic mass is 9.95. The minimum atomic E-state index is -0.691. The number of nitrogens with zero attached hydrogens (tertiary/aromatic N) is 1. The molecule has 2 amide bonds. The highest BCUT2D eigenvalue weighted by molar-refractivity contribution is 5.95. The number of nitrogens with one attached hydrogen (secondary N) is 2. The molecule has 0 aliphatic carbocycles. The first-order valence-electron chi connectivity index (χ1n) is 10.5. The molecule has 3 N–H and O–H groups in total. The van der Waals surface area contributed by atoms with Gasteiger partial charge in [-0.15, -0.1) is 0 Å². The number of esters is 1. The molecule has 0 fully saturated rings. The average molecular weight is 436 g/mol. The fraction of sp³-hybridized carbons (Fsp3) is 0.545. The molecule has 1 heterocycles. The van der Waals surface area contributed by atoms with Crippen molar-refractivity contribution in [3.63, 3.8) is 0 Å². The lowest BCUT2D eigenvalue weighted by molar-refractivity contribution is -0.139. The number of amides is 2. The molecule has 9 nitrogen and oxygen atoms in total. The molecule has 1 aliphatic heterocycles. The second kappa shape index (κ2) is 11.6. The molecule has 1 aliphatic rings. The Morgan fingerprint density at radius 1 is 1.23 bits per heavy atom. The Labute approximate surface area is 183 Å². The first kappa shape index (κ1) is 24.5. The van der Waals surface area contributed by atoms with Gasteiger partial charge >= 0.3 is 12.0 Å². The van der Waals surface area contributed by atoms with Crippen LogP contribution < -0.4 is 20.1 Å². The Balaban J connectivity index is 2.22. The van der Waals surface area contributed by atoms with Crippen molar-refractivity contribution < 1.29 is 28.9 Å². The maximum atomic E-state index is 12.5. The van der Waals surface area contributed by atoms with Crippen LogP contribution in [0.1, 0.15) is 39.3 Å². The standard InChI is InChI=1S/C22H33N3O6/c1-6-25(7-2)12-16(26)13-31-17-10-9-15(11-18(17)29-5)20-19(21(27)30-8-3)14(4)23-22(28)24-20/h9-11,16,20,26H,6-8,12-13H2,1-5H3,(H2,23,24,28). The molecule has 0 radical (unpaired) electrons. The van der Waals surface area contributed by atoms with E-state index < -0.39 is 24.1 Å². The third kappa shape index (κ3) is 6.35. The van der Waals surface area contributed by atoms with Crippen molar-refractivity contribution in [2.45, 2.75) is 39.8 Å². The number of carbonyl (C=O) groups excluding carboxylic acids is 2. The van der Waals surface area contributed by atoms with Crippen molar-refractivity contribution in [1.82, 2.24) is 15.5 Å². The normalized spacial score (nSPS) is 17.1. The fourth-order valence-electron chi connectivity index (χ4n) is 3.42. The number of allylic oxidation sites excluding steroid dienone is 1. The summed E-state index contributed by atoms with van der Waals surface area (Å²) in [6.07, 6.45) is -0.644. The van der Waals surface area contributed by atoms with Crippen LogP contribution in [-0.4, -0.2) is 68.1 Å². The van der Waals surface area contributed by atoms with Gasteiger partial charge in [0, 0.05) is 12.2 Å². The summed E-state index contributed by atoms with van der Waals surface area (Å²) in [6.45, 7) is 10.0. The number of hydrogen-bond acceptors (Lipinski definition) is 7. The van der Waals surface area contributed by atoms with Gasteiger partial charge in [-0.3, -0.25) is 0 Å². The molecular formula is C22H33N3O6. The van der Waals surface area contributed by atoms with Crippen LogP contribution in [0.5, 0.6) is 11.5 Å². The van der Waals surface area contributed by atoms with Gasteiger partial charge in [0.05, 0.1) is 25.3 Å². The zero-order valence-electron chi connectivity index (χ0n) is 18.9. The highest BCUT2D eigenvalue weighted by Gasteiger charge is 2.32. The van der Waals surface area contributed by atoms with Crippen LogP contribution in [0, 0.1) is 0 Å². The number of benzene rings is 1. The van der Waals surface area contributed by atoms with Gasteiger partial charge in [-0.1, -0.05) is 19.9 Å². The second-order valence-corrected chi connectivity index (χ2v) is 7.15. The first-order valence-corrected chi connectivity index (χ1v) is 10.5. The molecule has 0 aromatic heterocycles. The number of hydrogen-bond donors (Lipinski definition) is 3. The van der Waals surface area contributed by atoms with Gasteiger partial charge in [-0.2, -0.15) is 0 Å². The Morgan fingerprint density at radius 2 is 1.94 bits per heavy atom. The van der Waals surface area contributed by atoms with Crippen LogP contribution in [0.15, 0.2) is 29.5 Å². The predicted octanol–water partition coefficient (Wildman–Crippen LogP) is 1.97. The fourth-order valence-corrected chi connectivity index (χ4v) is 3.42. The van der Waals surface area contributed by atoms with Gasteiger partial charge in [0.15, 0.2) is 11.5 Å². The summed E-state index contributed by atoms with van der Waals surface area (Å²) >= 11 is 0. The van der Waals surface area contributed by atoms with Crippen LogP contribution in [0.2, 0.25) is 0 Å². The minimum absolute atomic E-state index is 0.114. The summed E-state index contributed by atoms with van der Waals surface area (Å²) in [4.78, 5) is 26.6. The number of aliphatic hydroxyl groups is 1. The summed E-state index contributed by atoms with van der Waals surface area (Å²) in [5.41, 5.74) is 1.41. The third-order valence-corrected chi connectivity index (χ3v) is 5.08. The van der Waals surface area contributed by atoms with Crippen LogP contribution in [0.4, 0.5) is 4.79 Å². The van der Waals surface area contributed by atoms with E-state index in [1.807, 2.05) is 13.8 Å². The van der Waals surface area contributed by atoms with E-state index in [1.54, 1.807) is 32.0 Å². The number of rotatable bonds is 11. The monoisotopic (exact) mass is 435 g/mol. The third-order valence-electron chi connectivity index (χ3n) is 5.08. The van der Waals surface area contributed by atoms with Gasteiger partial charge in [0.25, 0.3) is 0 Å². The summed E-state index contributed by atoms with van der Waals surface area (Å²) in [5.74, 6) is 0.390. The lowest BCUT2D eigenvalue weighted by Gasteiger charge is -2.28. The number of ether oxygens (including phenoxy) is 3. The largest absolute Gasteiger partial charge is 0.493 e. The topological polar surface area (TPSA) is 109 Å². The number of likely N-dealkylation sites (N-methyl/N-ethyl adjacent to an activating group) is 1. The van der Waals surface area contributed by atoms with E-state index in [0.717, 1.165) is 13.1 Å². The second-order valence-electron chi connectivity index (χ2n) is 7.15. The molecule has 9 heteroatoms. The van der Waals surface area contributed by atoms with Crippen molar-refractivity contribution in [3.8, 4) is 11.5 Å². The summed E-state index contributed by atoms with van der Waals surface area (Å²) in [5, 5.41) is 15.6. The molecule has 2 rings (SSSR count). The quantitative estimate of drug-likeness (QED) is 0.456. The predicted molar refractivity (Wildman–Crippen MR) is 116 cm³/mol. The highest BCUT2D eigenvalue weighted by Crippen LogP contribution is 2.34. The molecule has 2 unspecified atom stereocenters. The van der Waals surface area contributed by atoms with Gasteiger partial charge in [0.2, 0.25) is 0 Å². The Morgan fingerprint density at radius 3 is 2.55 bits per heavy atom. The van der Waals surface area contributed by atoms with Gasteiger partial charge in [0.1, 0.15) is 12.7 Å². The molecule has 0 saturated heterocycles. The SMILES string of the molecule is CCOC(=O)C1=C(C)NC(=O)NC1c1ccc(OCC(O)CN(CC)CC)c(OC)c1. The zero-order chi connectivity index (χ0) is 23.0. The molecule has 31 heavy (non-hydrogen) atoms. The molecule has 172 valence electrons. The first-order chi connectivity index (χ1) is 14.8. The van der Waals surface area contributed by atoms with Crippen LogP contribution in [0.3, 0.4) is 0 Å². The molecule has 0 bridgehead atoms. The molecule has 0 spiro atoms. The number of urea groups is 1. The van der Waals surface area contributed by atoms with Crippen molar-refractivity contribution >= 4 is 12.0 Å². The number of carbonyl (C=O) groups is 2. The molecule has 1 aromatic rings. The molecule has 0 saturated carbocycles. The summed E-state index contributed by atoms with van der Waals surface area (Å²) in [6, 6.07) is 4.05. The van der Waals surface area contributed by atoms with Crippen molar-refractivity contribution in [3.05, 3.63) is 35.0 Å². The van der Waals surface area contributed by atoms with Crippen molar-refractivity contribution in [2.75, 3.05) is 40.0 Å². The smallest absolute Gasteiger partial charge is 0.338 e. The Bertz CT molecular complexity index is 806.